The highest BCUT2D eigenvalue weighted by atomic mass is 16.2. The van der Waals surface area contributed by atoms with Crippen LogP contribution in [-0.2, 0) is 20.0 Å². The molecule has 4 rings (SSSR count). The quantitative estimate of drug-likeness (QED) is 0.908. The molecule has 1 aliphatic carbocycles. The highest BCUT2D eigenvalue weighted by Gasteiger charge is 2.40. The van der Waals surface area contributed by atoms with Gasteiger partial charge in [0.05, 0.1) is 18.6 Å². The fourth-order valence-electron chi connectivity index (χ4n) is 3.36. The standard InChI is InChI=1S/C18H20N4O2/c1-21-11-19-16-10-22(8-7-13(16)17(21)23)18(24)20-15-9-14(15)12-5-3-2-4-6-12/h2-6,11,14-15H,7-10H2,1H3,(H,20,24)/t14-,15+/m0/s1. The predicted molar refractivity (Wildman–Crippen MR) is 89.7 cm³/mol. The smallest absolute Gasteiger partial charge is 0.317 e. The van der Waals surface area contributed by atoms with E-state index in [0.717, 1.165) is 17.7 Å². The summed E-state index contributed by atoms with van der Waals surface area (Å²) in [6, 6.07) is 10.4. The van der Waals surface area contributed by atoms with Crippen molar-refractivity contribution in [2.45, 2.75) is 31.3 Å². The maximum Gasteiger partial charge on any atom is 0.317 e. The van der Waals surface area contributed by atoms with Gasteiger partial charge in [-0.2, -0.15) is 0 Å². The van der Waals surface area contributed by atoms with Crippen LogP contribution in [0.4, 0.5) is 4.79 Å². The van der Waals surface area contributed by atoms with Crippen molar-refractivity contribution in [1.29, 1.82) is 0 Å². The Morgan fingerprint density at radius 2 is 2.08 bits per heavy atom. The molecule has 2 aliphatic rings. The first kappa shape index (κ1) is 14.9. The number of carbonyl (C=O) groups excluding carboxylic acids is 1. The summed E-state index contributed by atoms with van der Waals surface area (Å²) >= 11 is 0. The number of aryl methyl sites for hydroxylation is 1. The zero-order chi connectivity index (χ0) is 16.7. The van der Waals surface area contributed by atoms with E-state index in [2.05, 4.69) is 22.4 Å². The Kier molecular flexibility index (Phi) is 3.59. The third-order valence-electron chi connectivity index (χ3n) is 4.90. The summed E-state index contributed by atoms with van der Waals surface area (Å²) in [5.74, 6) is 0.414. The van der Waals surface area contributed by atoms with Gasteiger partial charge in [-0.1, -0.05) is 30.3 Å². The highest BCUT2D eigenvalue weighted by molar-refractivity contribution is 5.75. The summed E-state index contributed by atoms with van der Waals surface area (Å²) in [4.78, 5) is 30.6. The Labute approximate surface area is 140 Å². The molecule has 24 heavy (non-hydrogen) atoms. The Balaban J connectivity index is 1.40. The first-order valence-electron chi connectivity index (χ1n) is 8.27. The van der Waals surface area contributed by atoms with E-state index in [-0.39, 0.29) is 17.6 Å². The number of amides is 2. The molecule has 2 atom stereocenters. The van der Waals surface area contributed by atoms with Gasteiger partial charge in [-0.25, -0.2) is 9.78 Å². The lowest BCUT2D eigenvalue weighted by Gasteiger charge is -2.28. The number of fused-ring (bicyclic) bond motifs is 1. The minimum atomic E-state index is -0.0634. The molecule has 1 aromatic heterocycles. The van der Waals surface area contributed by atoms with Gasteiger partial charge in [-0.3, -0.25) is 4.79 Å². The van der Waals surface area contributed by atoms with Gasteiger partial charge in [0.25, 0.3) is 5.56 Å². The number of aromatic nitrogens is 2. The molecule has 124 valence electrons. The minimum Gasteiger partial charge on any atom is -0.335 e. The maximum absolute atomic E-state index is 12.5. The van der Waals surface area contributed by atoms with Gasteiger partial charge in [-0.05, 0) is 18.4 Å². The number of hydrogen-bond acceptors (Lipinski definition) is 3. The van der Waals surface area contributed by atoms with Crippen LogP contribution in [0, 0.1) is 0 Å². The van der Waals surface area contributed by atoms with Crippen molar-refractivity contribution in [3.63, 3.8) is 0 Å². The van der Waals surface area contributed by atoms with Gasteiger partial charge >= 0.3 is 6.03 Å². The summed E-state index contributed by atoms with van der Waals surface area (Å²) in [7, 11) is 1.70. The van der Waals surface area contributed by atoms with Crippen molar-refractivity contribution < 1.29 is 4.79 Å². The average molecular weight is 324 g/mol. The Morgan fingerprint density at radius 1 is 1.29 bits per heavy atom. The number of carbonyl (C=O) groups is 1. The highest BCUT2D eigenvalue weighted by Crippen LogP contribution is 2.40. The van der Waals surface area contributed by atoms with E-state index in [1.807, 2.05) is 18.2 Å². The van der Waals surface area contributed by atoms with E-state index >= 15 is 0 Å². The second-order valence-corrected chi connectivity index (χ2v) is 6.57. The van der Waals surface area contributed by atoms with Gasteiger partial charge < -0.3 is 14.8 Å². The molecule has 2 heterocycles. The number of urea groups is 1. The largest absolute Gasteiger partial charge is 0.335 e. The fourth-order valence-corrected chi connectivity index (χ4v) is 3.36. The number of nitrogens with zero attached hydrogens (tertiary/aromatic N) is 3. The lowest BCUT2D eigenvalue weighted by atomic mass is 10.1. The molecular weight excluding hydrogens is 304 g/mol. The molecule has 2 aromatic rings. The molecule has 1 aromatic carbocycles. The van der Waals surface area contributed by atoms with Crippen LogP contribution in [0.1, 0.15) is 29.2 Å². The number of benzene rings is 1. The number of hydrogen-bond donors (Lipinski definition) is 1. The molecule has 1 fully saturated rings. The molecular formula is C18H20N4O2. The first-order valence-corrected chi connectivity index (χ1v) is 8.27. The normalized spacial score (nSPS) is 22.0. The van der Waals surface area contributed by atoms with Crippen LogP contribution >= 0.6 is 0 Å². The van der Waals surface area contributed by atoms with Gasteiger partial charge in [0.1, 0.15) is 0 Å². The second-order valence-electron chi connectivity index (χ2n) is 6.57. The van der Waals surface area contributed by atoms with E-state index in [1.54, 1.807) is 11.9 Å². The monoisotopic (exact) mass is 324 g/mol. The van der Waals surface area contributed by atoms with Crippen LogP contribution in [0.3, 0.4) is 0 Å². The third-order valence-corrected chi connectivity index (χ3v) is 4.90. The van der Waals surface area contributed by atoms with Crippen LogP contribution in [-0.4, -0.2) is 33.1 Å². The molecule has 1 aliphatic heterocycles. The van der Waals surface area contributed by atoms with Crippen molar-refractivity contribution in [3.05, 3.63) is 63.8 Å². The van der Waals surface area contributed by atoms with Crippen LogP contribution in [0.25, 0.3) is 0 Å². The summed E-state index contributed by atoms with van der Waals surface area (Å²) in [5, 5.41) is 3.10. The van der Waals surface area contributed by atoms with Crippen LogP contribution in [0.15, 0.2) is 41.5 Å². The summed E-state index contributed by atoms with van der Waals surface area (Å²) in [5.41, 5.74) is 2.72. The zero-order valence-corrected chi connectivity index (χ0v) is 13.6. The lowest BCUT2D eigenvalue weighted by Crippen LogP contribution is -2.45. The lowest BCUT2D eigenvalue weighted by molar-refractivity contribution is 0.190. The second kappa shape index (κ2) is 5.78. The fraction of sp³-hybridized carbons (Fsp3) is 0.389. The van der Waals surface area contributed by atoms with Crippen molar-refractivity contribution in [3.8, 4) is 0 Å². The first-order chi connectivity index (χ1) is 11.6. The van der Waals surface area contributed by atoms with Gasteiger partial charge in [0.15, 0.2) is 0 Å². The van der Waals surface area contributed by atoms with E-state index < -0.39 is 0 Å². The molecule has 6 nitrogen and oxygen atoms in total. The molecule has 1 N–H and O–H groups in total. The van der Waals surface area contributed by atoms with Crippen molar-refractivity contribution in [2.75, 3.05) is 6.54 Å². The Morgan fingerprint density at radius 3 is 2.88 bits per heavy atom. The van der Waals surface area contributed by atoms with Crippen LogP contribution < -0.4 is 10.9 Å². The SMILES string of the molecule is Cn1cnc2c(c1=O)CCN(C(=O)N[C@@H]1C[C@H]1c1ccccc1)C2. The van der Waals surface area contributed by atoms with E-state index in [1.165, 1.54) is 16.5 Å². The van der Waals surface area contributed by atoms with Crippen molar-refractivity contribution >= 4 is 6.03 Å². The van der Waals surface area contributed by atoms with Crippen molar-refractivity contribution in [2.24, 2.45) is 7.05 Å². The predicted octanol–water partition coefficient (Wildman–Crippen LogP) is 1.40. The van der Waals surface area contributed by atoms with Gasteiger partial charge in [0.2, 0.25) is 0 Å². The summed E-state index contributed by atoms with van der Waals surface area (Å²) in [6.45, 7) is 0.961. The molecule has 0 saturated heterocycles. The third kappa shape index (κ3) is 2.68. The van der Waals surface area contributed by atoms with Crippen LogP contribution in [0.2, 0.25) is 0 Å². The molecule has 0 unspecified atom stereocenters. The number of rotatable bonds is 2. The van der Waals surface area contributed by atoms with E-state index in [9.17, 15) is 9.59 Å². The Bertz CT molecular complexity index is 831. The van der Waals surface area contributed by atoms with Gasteiger partial charge in [-0.15, -0.1) is 0 Å². The Hall–Kier alpha value is -2.63. The topological polar surface area (TPSA) is 67.2 Å². The van der Waals surface area contributed by atoms with Gasteiger partial charge in [0, 0.05) is 31.1 Å². The summed E-state index contributed by atoms with van der Waals surface area (Å²) in [6.07, 6.45) is 3.07. The molecule has 1 saturated carbocycles. The maximum atomic E-state index is 12.5. The zero-order valence-electron chi connectivity index (χ0n) is 13.6. The number of nitrogens with one attached hydrogen (secondary N) is 1. The van der Waals surface area contributed by atoms with E-state index in [4.69, 9.17) is 0 Å². The molecule has 0 bridgehead atoms. The molecule has 2 amide bonds. The van der Waals surface area contributed by atoms with Crippen LogP contribution in [0.5, 0.6) is 0 Å². The molecule has 0 radical (unpaired) electrons. The average Bonchev–Trinajstić information content (AvgIpc) is 3.38. The molecule has 6 heteroatoms. The van der Waals surface area contributed by atoms with E-state index in [0.29, 0.717) is 25.4 Å². The molecule has 0 spiro atoms. The van der Waals surface area contributed by atoms with Crippen molar-refractivity contribution in [1.82, 2.24) is 19.8 Å². The minimum absolute atomic E-state index is 0.00797. The summed E-state index contributed by atoms with van der Waals surface area (Å²) < 4.78 is 1.49.